The van der Waals surface area contributed by atoms with E-state index in [4.69, 9.17) is 4.74 Å². The van der Waals surface area contributed by atoms with Crippen LogP contribution < -0.4 is 5.32 Å². The van der Waals surface area contributed by atoms with Crippen LogP contribution in [0.15, 0.2) is 0 Å². The largest absolute Gasteiger partial charge is 0.444 e. The van der Waals surface area contributed by atoms with Crippen molar-refractivity contribution >= 4 is 12.0 Å². The van der Waals surface area contributed by atoms with Crippen LogP contribution in [0.5, 0.6) is 0 Å². The van der Waals surface area contributed by atoms with Crippen molar-refractivity contribution < 1.29 is 14.3 Å². The van der Waals surface area contributed by atoms with Crippen molar-refractivity contribution in [2.75, 3.05) is 19.6 Å². The van der Waals surface area contributed by atoms with Gasteiger partial charge in [-0.15, -0.1) is 0 Å². The summed E-state index contributed by atoms with van der Waals surface area (Å²) < 4.78 is 5.13. The van der Waals surface area contributed by atoms with Gasteiger partial charge >= 0.3 is 6.09 Å². The van der Waals surface area contributed by atoms with Crippen LogP contribution in [0.25, 0.3) is 0 Å². The molecule has 0 atom stereocenters. The Morgan fingerprint density at radius 3 is 2.40 bits per heavy atom. The van der Waals surface area contributed by atoms with Gasteiger partial charge in [0.05, 0.1) is 0 Å². The topological polar surface area (TPSA) is 58.6 Å². The van der Waals surface area contributed by atoms with E-state index in [-0.39, 0.29) is 5.91 Å². The number of hydrogen-bond donors (Lipinski definition) is 1. The van der Waals surface area contributed by atoms with Gasteiger partial charge in [0.1, 0.15) is 5.60 Å². The van der Waals surface area contributed by atoms with E-state index in [0.717, 1.165) is 31.8 Å². The number of carbonyl (C=O) groups excluding carboxylic acids is 2. The SMILES string of the molecule is CC1CCN(C(=O)CCCNC(=O)OC(C)(C)C)CC1. The first kappa shape index (κ1) is 16.8. The molecule has 1 heterocycles. The van der Waals surface area contributed by atoms with Gasteiger partial charge in [0.2, 0.25) is 5.91 Å². The molecule has 0 radical (unpaired) electrons. The van der Waals surface area contributed by atoms with E-state index in [9.17, 15) is 9.59 Å². The highest BCUT2D eigenvalue weighted by Crippen LogP contribution is 2.16. The van der Waals surface area contributed by atoms with E-state index in [1.165, 1.54) is 0 Å². The van der Waals surface area contributed by atoms with Crippen molar-refractivity contribution in [1.29, 1.82) is 0 Å². The molecule has 2 amide bonds. The van der Waals surface area contributed by atoms with Crippen molar-refractivity contribution in [2.45, 2.75) is 59.0 Å². The summed E-state index contributed by atoms with van der Waals surface area (Å²) in [5.74, 6) is 0.927. The smallest absolute Gasteiger partial charge is 0.407 e. The number of nitrogens with one attached hydrogen (secondary N) is 1. The molecule has 0 spiro atoms. The molecular weight excluding hydrogens is 256 g/mol. The second kappa shape index (κ2) is 7.50. The van der Waals surface area contributed by atoms with Gasteiger partial charge in [-0.3, -0.25) is 4.79 Å². The highest BCUT2D eigenvalue weighted by Gasteiger charge is 2.20. The highest BCUT2D eigenvalue weighted by atomic mass is 16.6. The van der Waals surface area contributed by atoms with Crippen LogP contribution in [0.1, 0.15) is 53.4 Å². The lowest BCUT2D eigenvalue weighted by Gasteiger charge is -2.30. The Morgan fingerprint density at radius 2 is 1.85 bits per heavy atom. The van der Waals surface area contributed by atoms with Gasteiger partial charge in [-0.05, 0) is 46.0 Å². The maximum absolute atomic E-state index is 12.0. The monoisotopic (exact) mass is 284 g/mol. The van der Waals surface area contributed by atoms with E-state index < -0.39 is 11.7 Å². The van der Waals surface area contributed by atoms with E-state index in [2.05, 4.69) is 12.2 Å². The predicted octanol–water partition coefficient (Wildman–Crippen LogP) is 2.55. The maximum Gasteiger partial charge on any atom is 0.407 e. The molecule has 0 aromatic heterocycles. The number of nitrogens with zero attached hydrogens (tertiary/aromatic N) is 1. The molecule has 1 rings (SSSR count). The quantitative estimate of drug-likeness (QED) is 0.807. The van der Waals surface area contributed by atoms with E-state index in [1.54, 1.807) is 0 Å². The summed E-state index contributed by atoms with van der Waals surface area (Å²) in [6.45, 7) is 9.94. The summed E-state index contributed by atoms with van der Waals surface area (Å²) in [6.07, 6.45) is 2.93. The fourth-order valence-electron chi connectivity index (χ4n) is 2.16. The van der Waals surface area contributed by atoms with Crippen LogP contribution in [0.4, 0.5) is 4.79 Å². The number of carbonyl (C=O) groups is 2. The number of likely N-dealkylation sites (tertiary alicyclic amines) is 1. The first-order valence-electron chi connectivity index (χ1n) is 7.52. The highest BCUT2D eigenvalue weighted by molar-refractivity contribution is 5.76. The van der Waals surface area contributed by atoms with Crippen molar-refractivity contribution in [1.82, 2.24) is 10.2 Å². The van der Waals surface area contributed by atoms with Crippen LogP contribution in [0, 0.1) is 5.92 Å². The lowest BCUT2D eigenvalue weighted by Crippen LogP contribution is -2.38. The number of rotatable bonds is 4. The molecule has 5 nitrogen and oxygen atoms in total. The van der Waals surface area contributed by atoms with E-state index >= 15 is 0 Å². The Bertz CT molecular complexity index is 329. The molecule has 5 heteroatoms. The van der Waals surface area contributed by atoms with Gasteiger partial charge in [-0.1, -0.05) is 6.92 Å². The average Bonchev–Trinajstić information content (AvgIpc) is 2.33. The zero-order chi connectivity index (χ0) is 15.2. The molecule has 1 aliphatic heterocycles. The first-order chi connectivity index (χ1) is 9.28. The molecule has 1 fully saturated rings. The Balaban J connectivity index is 2.12. The molecule has 1 N–H and O–H groups in total. The Morgan fingerprint density at radius 1 is 1.25 bits per heavy atom. The molecule has 0 aromatic carbocycles. The molecule has 0 bridgehead atoms. The molecule has 0 unspecified atom stereocenters. The lowest BCUT2D eigenvalue weighted by molar-refractivity contribution is -0.132. The summed E-state index contributed by atoms with van der Waals surface area (Å²) in [5, 5.41) is 2.67. The zero-order valence-electron chi connectivity index (χ0n) is 13.2. The van der Waals surface area contributed by atoms with Gasteiger partial charge in [0.25, 0.3) is 0 Å². The van der Waals surface area contributed by atoms with Gasteiger partial charge < -0.3 is 15.0 Å². The van der Waals surface area contributed by atoms with Crippen LogP contribution in [0.3, 0.4) is 0 Å². The summed E-state index contributed by atoms with van der Waals surface area (Å²) >= 11 is 0. The average molecular weight is 284 g/mol. The summed E-state index contributed by atoms with van der Waals surface area (Å²) in [5.41, 5.74) is -0.482. The van der Waals surface area contributed by atoms with E-state index in [1.807, 2.05) is 25.7 Å². The molecule has 0 saturated carbocycles. The molecular formula is C15H28N2O3. The van der Waals surface area contributed by atoms with Crippen LogP contribution >= 0.6 is 0 Å². The number of piperidine rings is 1. The Labute approximate surface area is 122 Å². The summed E-state index contributed by atoms with van der Waals surface area (Å²) in [7, 11) is 0. The Hall–Kier alpha value is -1.26. The molecule has 1 aliphatic rings. The third kappa shape index (κ3) is 6.78. The minimum absolute atomic E-state index is 0.197. The normalized spacial score (nSPS) is 16.9. The summed E-state index contributed by atoms with van der Waals surface area (Å²) in [6, 6.07) is 0. The van der Waals surface area contributed by atoms with Crippen LogP contribution in [-0.4, -0.2) is 42.1 Å². The standard InChI is InChI=1S/C15H28N2O3/c1-12-7-10-17(11-8-12)13(18)6-5-9-16-14(19)20-15(2,3)4/h12H,5-11H2,1-4H3,(H,16,19). The van der Waals surface area contributed by atoms with Gasteiger partial charge in [0, 0.05) is 26.1 Å². The minimum atomic E-state index is -0.482. The predicted molar refractivity (Wildman–Crippen MR) is 78.4 cm³/mol. The van der Waals surface area contributed by atoms with Gasteiger partial charge in [-0.2, -0.15) is 0 Å². The maximum atomic E-state index is 12.0. The number of alkyl carbamates (subject to hydrolysis) is 1. The minimum Gasteiger partial charge on any atom is -0.444 e. The van der Waals surface area contributed by atoms with Gasteiger partial charge in [-0.25, -0.2) is 4.79 Å². The van der Waals surface area contributed by atoms with Crippen LogP contribution in [0.2, 0.25) is 0 Å². The second-order valence-electron chi connectivity index (χ2n) is 6.60. The van der Waals surface area contributed by atoms with E-state index in [0.29, 0.717) is 19.4 Å². The fourth-order valence-corrected chi connectivity index (χ4v) is 2.16. The summed E-state index contributed by atoms with van der Waals surface area (Å²) in [4.78, 5) is 25.3. The number of hydrogen-bond acceptors (Lipinski definition) is 3. The van der Waals surface area contributed by atoms with Crippen molar-refractivity contribution in [3.8, 4) is 0 Å². The third-order valence-corrected chi connectivity index (χ3v) is 3.37. The molecule has 116 valence electrons. The zero-order valence-corrected chi connectivity index (χ0v) is 13.2. The van der Waals surface area contributed by atoms with Crippen LogP contribution in [-0.2, 0) is 9.53 Å². The molecule has 0 aromatic rings. The molecule has 0 aliphatic carbocycles. The second-order valence-corrected chi connectivity index (χ2v) is 6.60. The van der Waals surface area contributed by atoms with Crippen molar-refractivity contribution in [2.24, 2.45) is 5.92 Å². The third-order valence-electron chi connectivity index (χ3n) is 3.37. The Kier molecular flexibility index (Phi) is 6.30. The van der Waals surface area contributed by atoms with Crippen molar-refractivity contribution in [3.05, 3.63) is 0 Å². The number of ether oxygens (including phenoxy) is 1. The number of amides is 2. The van der Waals surface area contributed by atoms with Crippen molar-refractivity contribution in [3.63, 3.8) is 0 Å². The molecule has 1 saturated heterocycles. The first-order valence-corrected chi connectivity index (χ1v) is 7.52. The lowest BCUT2D eigenvalue weighted by atomic mass is 9.99. The fraction of sp³-hybridized carbons (Fsp3) is 0.867. The molecule has 20 heavy (non-hydrogen) atoms. The van der Waals surface area contributed by atoms with Gasteiger partial charge in [0.15, 0.2) is 0 Å².